The summed E-state index contributed by atoms with van der Waals surface area (Å²) in [4.78, 5) is 4.43. The van der Waals surface area contributed by atoms with E-state index in [1.807, 2.05) is 24.0 Å². The third-order valence-corrected chi connectivity index (χ3v) is 5.55. The highest BCUT2D eigenvalue weighted by atomic mass is 16.5. The average molecular weight is 398 g/mol. The SMILES string of the molecule is CN=C(NCC1CCCOC1C(C)(C)C)NC(C)c1cccc(-n2cccn2)c1. The van der Waals surface area contributed by atoms with Crippen LogP contribution in [-0.2, 0) is 4.74 Å². The predicted octanol–water partition coefficient (Wildman–Crippen LogP) is 3.94. The molecule has 3 rings (SSSR count). The van der Waals surface area contributed by atoms with Gasteiger partial charge in [0.05, 0.1) is 17.8 Å². The first kappa shape index (κ1) is 21.4. The fourth-order valence-electron chi connectivity index (χ4n) is 4.08. The number of guanidine groups is 1. The van der Waals surface area contributed by atoms with Gasteiger partial charge in [-0.3, -0.25) is 4.99 Å². The van der Waals surface area contributed by atoms with Crippen LogP contribution in [0.2, 0.25) is 0 Å². The maximum Gasteiger partial charge on any atom is 0.191 e. The number of hydrogen-bond donors (Lipinski definition) is 2. The summed E-state index contributed by atoms with van der Waals surface area (Å²) in [6, 6.07) is 10.5. The van der Waals surface area contributed by atoms with Crippen molar-refractivity contribution in [3.05, 3.63) is 48.3 Å². The summed E-state index contributed by atoms with van der Waals surface area (Å²) >= 11 is 0. The van der Waals surface area contributed by atoms with Crippen LogP contribution in [0.25, 0.3) is 5.69 Å². The molecule has 0 bridgehead atoms. The van der Waals surface area contributed by atoms with Gasteiger partial charge in [0, 0.05) is 38.5 Å². The van der Waals surface area contributed by atoms with E-state index in [1.54, 1.807) is 6.20 Å². The molecule has 0 saturated carbocycles. The first-order valence-electron chi connectivity index (χ1n) is 10.6. The van der Waals surface area contributed by atoms with Crippen molar-refractivity contribution in [2.24, 2.45) is 16.3 Å². The summed E-state index contributed by atoms with van der Waals surface area (Å²) < 4.78 is 7.99. The van der Waals surface area contributed by atoms with Gasteiger partial charge in [-0.15, -0.1) is 0 Å². The Bertz CT molecular complexity index is 794. The van der Waals surface area contributed by atoms with E-state index in [1.165, 1.54) is 12.0 Å². The molecule has 0 radical (unpaired) electrons. The highest BCUT2D eigenvalue weighted by Gasteiger charge is 2.35. The highest BCUT2D eigenvalue weighted by Crippen LogP contribution is 2.33. The van der Waals surface area contributed by atoms with E-state index in [0.717, 1.165) is 31.2 Å². The van der Waals surface area contributed by atoms with Gasteiger partial charge in [0.25, 0.3) is 0 Å². The number of benzene rings is 1. The third kappa shape index (κ3) is 5.60. The largest absolute Gasteiger partial charge is 0.377 e. The van der Waals surface area contributed by atoms with Crippen molar-refractivity contribution >= 4 is 5.96 Å². The maximum absolute atomic E-state index is 6.11. The van der Waals surface area contributed by atoms with Crippen molar-refractivity contribution in [3.8, 4) is 5.69 Å². The summed E-state index contributed by atoms with van der Waals surface area (Å²) in [6.07, 6.45) is 6.33. The summed E-state index contributed by atoms with van der Waals surface area (Å²) in [6.45, 7) is 10.7. The van der Waals surface area contributed by atoms with Crippen molar-refractivity contribution in [3.63, 3.8) is 0 Å². The fraction of sp³-hybridized carbons (Fsp3) is 0.565. The van der Waals surface area contributed by atoms with Crippen LogP contribution >= 0.6 is 0 Å². The van der Waals surface area contributed by atoms with Crippen LogP contribution in [0.15, 0.2) is 47.7 Å². The Morgan fingerprint density at radius 2 is 2.17 bits per heavy atom. The molecule has 3 unspecified atom stereocenters. The van der Waals surface area contributed by atoms with E-state index < -0.39 is 0 Å². The molecule has 0 aliphatic carbocycles. The Hall–Kier alpha value is -2.34. The zero-order chi connectivity index (χ0) is 20.9. The van der Waals surface area contributed by atoms with E-state index in [-0.39, 0.29) is 17.6 Å². The lowest BCUT2D eigenvalue weighted by molar-refractivity contribution is -0.0835. The first-order valence-corrected chi connectivity index (χ1v) is 10.6. The van der Waals surface area contributed by atoms with Gasteiger partial charge in [-0.2, -0.15) is 5.10 Å². The van der Waals surface area contributed by atoms with Crippen molar-refractivity contribution in [2.45, 2.75) is 52.7 Å². The zero-order valence-corrected chi connectivity index (χ0v) is 18.4. The first-order chi connectivity index (χ1) is 13.9. The maximum atomic E-state index is 6.11. The minimum Gasteiger partial charge on any atom is -0.377 e. The monoisotopic (exact) mass is 397 g/mol. The summed E-state index contributed by atoms with van der Waals surface area (Å²) in [5, 5.41) is 11.4. The topological polar surface area (TPSA) is 63.5 Å². The average Bonchev–Trinajstić information content (AvgIpc) is 3.25. The molecular weight excluding hydrogens is 362 g/mol. The van der Waals surface area contributed by atoms with Gasteiger partial charge in [0.2, 0.25) is 0 Å². The van der Waals surface area contributed by atoms with Gasteiger partial charge < -0.3 is 15.4 Å². The van der Waals surface area contributed by atoms with E-state index >= 15 is 0 Å². The van der Waals surface area contributed by atoms with Crippen molar-refractivity contribution in [1.29, 1.82) is 0 Å². The van der Waals surface area contributed by atoms with E-state index in [0.29, 0.717) is 5.92 Å². The summed E-state index contributed by atoms with van der Waals surface area (Å²) in [5.74, 6) is 1.31. The molecule has 29 heavy (non-hydrogen) atoms. The second-order valence-electron chi connectivity index (χ2n) is 8.92. The molecule has 158 valence electrons. The standard InChI is InChI=1S/C23H35N5O/c1-17(18-9-6-11-20(15-18)28-13-8-12-26-28)27-22(24-5)25-16-19-10-7-14-29-21(19)23(2,3)4/h6,8-9,11-13,15,17,19,21H,7,10,14,16H2,1-5H3,(H2,24,25,27). The molecule has 1 aromatic heterocycles. The number of nitrogens with zero attached hydrogens (tertiary/aromatic N) is 3. The van der Waals surface area contributed by atoms with Crippen molar-refractivity contribution in [2.75, 3.05) is 20.2 Å². The van der Waals surface area contributed by atoms with Crippen LogP contribution in [0.3, 0.4) is 0 Å². The fourth-order valence-corrected chi connectivity index (χ4v) is 4.08. The summed E-state index contributed by atoms with van der Waals surface area (Å²) in [5.41, 5.74) is 2.38. The number of nitrogens with one attached hydrogen (secondary N) is 2. The number of ether oxygens (including phenoxy) is 1. The van der Waals surface area contributed by atoms with Gasteiger partial charge in [-0.25, -0.2) is 4.68 Å². The zero-order valence-electron chi connectivity index (χ0n) is 18.4. The van der Waals surface area contributed by atoms with Crippen LogP contribution in [0, 0.1) is 11.3 Å². The highest BCUT2D eigenvalue weighted by molar-refractivity contribution is 5.80. The molecule has 2 heterocycles. The predicted molar refractivity (Wildman–Crippen MR) is 118 cm³/mol. The molecule has 2 aromatic rings. The quantitative estimate of drug-likeness (QED) is 0.593. The van der Waals surface area contributed by atoms with Gasteiger partial charge >= 0.3 is 0 Å². The van der Waals surface area contributed by atoms with Gasteiger partial charge in [-0.05, 0) is 48.9 Å². The number of aliphatic imine (C=N–C) groups is 1. The van der Waals surface area contributed by atoms with Gasteiger partial charge in [0.1, 0.15) is 0 Å². The molecule has 1 aromatic carbocycles. The van der Waals surface area contributed by atoms with Crippen molar-refractivity contribution < 1.29 is 4.74 Å². The smallest absolute Gasteiger partial charge is 0.191 e. The Labute approximate surface area is 174 Å². The lowest BCUT2D eigenvalue weighted by Crippen LogP contribution is -2.47. The Morgan fingerprint density at radius 3 is 2.86 bits per heavy atom. The molecule has 1 saturated heterocycles. The second kappa shape index (κ2) is 9.44. The van der Waals surface area contributed by atoms with E-state index in [2.05, 4.69) is 72.7 Å². The number of rotatable bonds is 5. The Kier molecular flexibility index (Phi) is 6.96. The molecule has 1 aliphatic rings. The Balaban J connectivity index is 1.60. The van der Waals surface area contributed by atoms with Gasteiger partial charge in [-0.1, -0.05) is 32.9 Å². The van der Waals surface area contributed by atoms with Crippen LogP contribution in [-0.4, -0.2) is 42.0 Å². The third-order valence-electron chi connectivity index (χ3n) is 5.55. The Morgan fingerprint density at radius 1 is 1.34 bits per heavy atom. The van der Waals surface area contributed by atoms with Gasteiger partial charge in [0.15, 0.2) is 5.96 Å². The van der Waals surface area contributed by atoms with E-state index in [4.69, 9.17) is 4.74 Å². The molecule has 0 amide bonds. The van der Waals surface area contributed by atoms with Crippen LogP contribution in [0.5, 0.6) is 0 Å². The molecule has 1 fully saturated rings. The molecule has 1 aliphatic heterocycles. The summed E-state index contributed by atoms with van der Waals surface area (Å²) in [7, 11) is 1.82. The minimum absolute atomic E-state index is 0.123. The van der Waals surface area contributed by atoms with Crippen molar-refractivity contribution in [1.82, 2.24) is 20.4 Å². The minimum atomic E-state index is 0.123. The molecule has 2 N–H and O–H groups in total. The number of aromatic nitrogens is 2. The second-order valence-corrected chi connectivity index (χ2v) is 8.92. The molecule has 6 nitrogen and oxygen atoms in total. The molecular formula is C23H35N5O. The van der Waals surface area contributed by atoms with Crippen LogP contribution < -0.4 is 10.6 Å². The molecule has 6 heteroatoms. The van der Waals surface area contributed by atoms with E-state index in [9.17, 15) is 0 Å². The number of hydrogen-bond acceptors (Lipinski definition) is 3. The normalized spacial score (nSPS) is 21.6. The lowest BCUT2D eigenvalue weighted by Gasteiger charge is -2.40. The van der Waals surface area contributed by atoms with Crippen LogP contribution in [0.4, 0.5) is 0 Å². The lowest BCUT2D eigenvalue weighted by atomic mass is 9.78. The molecule has 3 atom stereocenters. The molecule has 0 spiro atoms. The van der Waals surface area contributed by atoms with Crippen LogP contribution in [0.1, 0.15) is 52.1 Å².